The number of hydrogen-bond acceptors (Lipinski definition) is 6. The maximum atomic E-state index is 12.2. The standard InChI is InChI=1S/C16H19ClN2O5S/c1-3-24-16(22)11-8-25-13(15(21)19-11)7-14(20)18-10-6-9(17)4-5-12(10)23-2/h4-6,11,13H,3,7-8H2,1-2H3,(H,18,20)(H,19,21). The van der Waals surface area contributed by atoms with Gasteiger partial charge in [0.05, 0.1) is 24.7 Å². The number of hydrogen-bond donors (Lipinski definition) is 2. The van der Waals surface area contributed by atoms with Crippen molar-refractivity contribution < 1.29 is 23.9 Å². The number of rotatable bonds is 6. The lowest BCUT2D eigenvalue weighted by atomic mass is 10.2. The topological polar surface area (TPSA) is 93.7 Å². The molecule has 1 fully saturated rings. The lowest BCUT2D eigenvalue weighted by Gasteiger charge is -2.27. The number of nitrogens with one attached hydrogen (secondary N) is 2. The monoisotopic (exact) mass is 386 g/mol. The molecule has 0 bridgehead atoms. The summed E-state index contributed by atoms with van der Waals surface area (Å²) in [6.07, 6.45) is -0.0261. The second kappa shape index (κ2) is 8.96. The summed E-state index contributed by atoms with van der Waals surface area (Å²) in [5.41, 5.74) is 0.436. The summed E-state index contributed by atoms with van der Waals surface area (Å²) < 4.78 is 10.1. The molecule has 25 heavy (non-hydrogen) atoms. The average Bonchev–Trinajstić information content (AvgIpc) is 2.57. The highest BCUT2D eigenvalue weighted by molar-refractivity contribution is 8.00. The van der Waals surface area contributed by atoms with Gasteiger partial charge in [-0.25, -0.2) is 4.79 Å². The molecule has 2 unspecified atom stereocenters. The molecule has 2 N–H and O–H groups in total. The van der Waals surface area contributed by atoms with Crippen LogP contribution in [0.4, 0.5) is 5.69 Å². The van der Waals surface area contributed by atoms with Gasteiger partial charge in [0.1, 0.15) is 11.8 Å². The van der Waals surface area contributed by atoms with Crippen LogP contribution in [0.2, 0.25) is 5.02 Å². The van der Waals surface area contributed by atoms with Crippen molar-refractivity contribution in [2.45, 2.75) is 24.6 Å². The number of amides is 2. The fourth-order valence-electron chi connectivity index (χ4n) is 2.26. The van der Waals surface area contributed by atoms with Crippen molar-refractivity contribution in [2.24, 2.45) is 0 Å². The Morgan fingerprint density at radius 3 is 2.84 bits per heavy atom. The molecular weight excluding hydrogens is 368 g/mol. The van der Waals surface area contributed by atoms with Crippen LogP contribution in [0, 0.1) is 0 Å². The van der Waals surface area contributed by atoms with E-state index < -0.39 is 17.3 Å². The van der Waals surface area contributed by atoms with Gasteiger partial charge in [0.25, 0.3) is 0 Å². The first-order valence-electron chi connectivity index (χ1n) is 7.66. The minimum absolute atomic E-state index is 0.0261. The summed E-state index contributed by atoms with van der Waals surface area (Å²) >= 11 is 7.18. The summed E-state index contributed by atoms with van der Waals surface area (Å²) in [4.78, 5) is 36.0. The first kappa shape index (κ1) is 19.4. The molecule has 0 radical (unpaired) electrons. The summed E-state index contributed by atoms with van der Waals surface area (Å²) in [6.45, 7) is 1.95. The van der Waals surface area contributed by atoms with Crippen LogP contribution in [-0.2, 0) is 19.1 Å². The molecule has 136 valence electrons. The van der Waals surface area contributed by atoms with Crippen LogP contribution in [0.25, 0.3) is 0 Å². The molecule has 2 atom stereocenters. The summed E-state index contributed by atoms with van der Waals surface area (Å²) in [5.74, 6) is -0.329. The summed E-state index contributed by atoms with van der Waals surface area (Å²) in [5, 5.41) is 5.17. The van der Waals surface area contributed by atoms with E-state index in [2.05, 4.69) is 10.6 Å². The number of thioether (sulfide) groups is 1. The molecule has 2 rings (SSSR count). The molecule has 0 aromatic heterocycles. The molecule has 1 aliphatic heterocycles. The third-order valence-electron chi connectivity index (χ3n) is 3.45. The molecule has 1 aliphatic rings. The molecule has 7 nitrogen and oxygen atoms in total. The highest BCUT2D eigenvalue weighted by Crippen LogP contribution is 2.28. The van der Waals surface area contributed by atoms with E-state index in [9.17, 15) is 14.4 Å². The van der Waals surface area contributed by atoms with Crippen molar-refractivity contribution >= 4 is 46.8 Å². The highest BCUT2D eigenvalue weighted by atomic mass is 35.5. The third kappa shape index (κ3) is 5.27. The first-order valence-corrected chi connectivity index (χ1v) is 9.09. The Balaban J connectivity index is 1.92. The van der Waals surface area contributed by atoms with Crippen LogP contribution in [-0.4, -0.2) is 48.5 Å². The molecule has 1 aromatic rings. The van der Waals surface area contributed by atoms with Gasteiger partial charge in [0.2, 0.25) is 11.8 Å². The molecular formula is C16H19ClN2O5S. The van der Waals surface area contributed by atoms with Gasteiger partial charge in [-0.05, 0) is 25.1 Å². The Labute approximate surface area is 154 Å². The lowest BCUT2D eigenvalue weighted by Crippen LogP contribution is -2.51. The number of benzene rings is 1. The molecule has 9 heteroatoms. The zero-order chi connectivity index (χ0) is 18.4. The number of esters is 1. The van der Waals surface area contributed by atoms with Gasteiger partial charge in [0.15, 0.2) is 0 Å². The predicted molar refractivity (Wildman–Crippen MR) is 96.1 cm³/mol. The Hall–Kier alpha value is -1.93. The van der Waals surface area contributed by atoms with Gasteiger partial charge in [-0.15, -0.1) is 11.8 Å². The van der Waals surface area contributed by atoms with Gasteiger partial charge < -0.3 is 20.1 Å². The molecule has 0 spiro atoms. The molecule has 1 saturated heterocycles. The molecule has 0 aliphatic carbocycles. The quantitative estimate of drug-likeness (QED) is 0.724. The number of halogens is 1. The normalized spacial score (nSPS) is 19.7. The zero-order valence-electron chi connectivity index (χ0n) is 13.8. The fourth-order valence-corrected chi connectivity index (χ4v) is 3.57. The van der Waals surface area contributed by atoms with Crippen molar-refractivity contribution in [3.05, 3.63) is 23.2 Å². The number of carbonyl (C=O) groups excluding carboxylic acids is 3. The van der Waals surface area contributed by atoms with E-state index >= 15 is 0 Å². The van der Waals surface area contributed by atoms with Crippen molar-refractivity contribution in [2.75, 3.05) is 24.8 Å². The van der Waals surface area contributed by atoms with Crippen molar-refractivity contribution in [1.29, 1.82) is 0 Å². The van der Waals surface area contributed by atoms with E-state index in [1.54, 1.807) is 25.1 Å². The van der Waals surface area contributed by atoms with Gasteiger partial charge in [-0.1, -0.05) is 11.6 Å². The lowest BCUT2D eigenvalue weighted by molar-refractivity contribution is -0.146. The zero-order valence-corrected chi connectivity index (χ0v) is 15.4. The number of ether oxygens (including phenoxy) is 2. The second-order valence-electron chi connectivity index (χ2n) is 5.23. The Morgan fingerprint density at radius 1 is 1.44 bits per heavy atom. The Kier molecular flexibility index (Phi) is 6.95. The Bertz CT molecular complexity index is 670. The molecule has 2 amide bonds. The summed E-state index contributed by atoms with van der Waals surface area (Å²) in [6, 6.07) is 4.19. The largest absolute Gasteiger partial charge is 0.495 e. The van der Waals surface area contributed by atoms with Crippen molar-refractivity contribution in [3.63, 3.8) is 0 Å². The van der Waals surface area contributed by atoms with Crippen molar-refractivity contribution in [3.8, 4) is 5.75 Å². The van der Waals surface area contributed by atoms with Crippen LogP contribution in [0.1, 0.15) is 13.3 Å². The Morgan fingerprint density at radius 2 is 2.20 bits per heavy atom. The SMILES string of the molecule is CCOC(=O)C1CSC(CC(=O)Nc2cc(Cl)ccc2OC)C(=O)N1. The first-order chi connectivity index (χ1) is 11.9. The van der Waals surface area contributed by atoms with E-state index in [4.69, 9.17) is 21.1 Å². The third-order valence-corrected chi connectivity index (χ3v) is 4.99. The number of methoxy groups -OCH3 is 1. The molecule has 0 saturated carbocycles. The van der Waals surface area contributed by atoms with Crippen molar-refractivity contribution in [1.82, 2.24) is 5.32 Å². The van der Waals surface area contributed by atoms with Crippen LogP contribution in [0.15, 0.2) is 18.2 Å². The van der Waals surface area contributed by atoms with Crippen LogP contribution < -0.4 is 15.4 Å². The van der Waals surface area contributed by atoms with Crippen LogP contribution >= 0.6 is 23.4 Å². The minimum Gasteiger partial charge on any atom is -0.495 e. The van der Waals surface area contributed by atoms with Gasteiger partial charge >= 0.3 is 5.97 Å². The summed E-state index contributed by atoms with van der Waals surface area (Å²) in [7, 11) is 1.48. The number of anilines is 1. The smallest absolute Gasteiger partial charge is 0.329 e. The molecule has 1 aromatic carbocycles. The fraction of sp³-hybridized carbons (Fsp3) is 0.438. The molecule has 1 heterocycles. The minimum atomic E-state index is -0.676. The second-order valence-corrected chi connectivity index (χ2v) is 6.90. The average molecular weight is 387 g/mol. The maximum Gasteiger partial charge on any atom is 0.329 e. The van der Waals surface area contributed by atoms with E-state index in [0.717, 1.165) is 0 Å². The van der Waals surface area contributed by atoms with Gasteiger partial charge in [-0.3, -0.25) is 9.59 Å². The van der Waals surface area contributed by atoms with E-state index in [-0.39, 0.29) is 24.8 Å². The predicted octanol–water partition coefficient (Wildman–Crippen LogP) is 1.84. The number of carbonyl (C=O) groups is 3. The van der Waals surface area contributed by atoms with Gasteiger partial charge in [-0.2, -0.15) is 0 Å². The van der Waals surface area contributed by atoms with Crippen LogP contribution in [0.5, 0.6) is 5.75 Å². The maximum absolute atomic E-state index is 12.2. The van der Waals surface area contributed by atoms with E-state index in [1.165, 1.54) is 18.9 Å². The van der Waals surface area contributed by atoms with E-state index in [0.29, 0.717) is 22.2 Å². The van der Waals surface area contributed by atoms with Crippen LogP contribution in [0.3, 0.4) is 0 Å². The highest BCUT2D eigenvalue weighted by Gasteiger charge is 2.34. The van der Waals surface area contributed by atoms with Gasteiger partial charge in [0, 0.05) is 17.2 Å². The van der Waals surface area contributed by atoms with E-state index in [1.807, 2.05) is 0 Å².